The topological polar surface area (TPSA) is 58.4 Å². The number of halogens is 1. The highest BCUT2D eigenvalue weighted by atomic mass is 19.1. The summed E-state index contributed by atoms with van der Waals surface area (Å²) in [6.07, 6.45) is 0. The number of rotatable bonds is 4. The molecule has 0 amide bonds. The quantitative estimate of drug-likeness (QED) is 0.685. The van der Waals surface area contributed by atoms with Gasteiger partial charge in [-0.25, -0.2) is 4.39 Å². The first-order valence-corrected chi connectivity index (χ1v) is 5.98. The molecule has 0 unspecified atom stereocenters. The molecule has 0 aromatic heterocycles. The molecule has 2 rings (SSSR count). The highest BCUT2D eigenvalue weighted by Gasteiger charge is 2.13. The fourth-order valence-corrected chi connectivity index (χ4v) is 1.87. The van der Waals surface area contributed by atoms with Crippen LogP contribution in [0.4, 0.5) is 27.1 Å². The number of nitrogens with one attached hydrogen (secondary N) is 1. The average Bonchev–Trinajstić information content (AvgIpc) is 2.45. The standard InChI is InChI=1S/C14H14FN3O2/c1-16-11-7-13(9-14(8-11)18(19)20)17(2)12-5-3-4-10(15)6-12/h3-9,16H,1-2H3. The fraction of sp³-hybridized carbons (Fsp3) is 0.143. The van der Waals surface area contributed by atoms with Gasteiger partial charge in [0, 0.05) is 43.3 Å². The molecule has 0 saturated heterocycles. The van der Waals surface area contributed by atoms with Gasteiger partial charge < -0.3 is 10.2 Å². The van der Waals surface area contributed by atoms with E-state index >= 15 is 0 Å². The van der Waals surface area contributed by atoms with Crippen molar-refractivity contribution in [1.29, 1.82) is 0 Å². The second-order valence-electron chi connectivity index (χ2n) is 4.28. The van der Waals surface area contributed by atoms with E-state index in [4.69, 9.17) is 0 Å². The minimum absolute atomic E-state index is 0.0184. The van der Waals surface area contributed by atoms with Crippen LogP contribution in [0.3, 0.4) is 0 Å². The Morgan fingerprint density at radius 1 is 1.20 bits per heavy atom. The van der Waals surface area contributed by atoms with Gasteiger partial charge in [-0.05, 0) is 24.3 Å². The molecule has 0 fully saturated rings. The Bertz CT molecular complexity index is 646. The van der Waals surface area contributed by atoms with E-state index in [1.165, 1.54) is 24.3 Å². The first-order valence-electron chi connectivity index (χ1n) is 5.98. The lowest BCUT2D eigenvalue weighted by Crippen LogP contribution is -2.10. The zero-order valence-electron chi connectivity index (χ0n) is 11.1. The monoisotopic (exact) mass is 275 g/mol. The second kappa shape index (κ2) is 5.56. The SMILES string of the molecule is CNc1cc(N(C)c2cccc(F)c2)cc([N+](=O)[O-])c1. The Balaban J connectivity index is 2.45. The van der Waals surface area contributed by atoms with Gasteiger partial charge in [0.05, 0.1) is 4.92 Å². The number of nitro benzene ring substituents is 1. The number of nitrogens with zero attached hydrogens (tertiary/aromatic N) is 2. The Kier molecular flexibility index (Phi) is 3.84. The first kappa shape index (κ1) is 13.8. The minimum atomic E-state index is -0.455. The first-order chi connectivity index (χ1) is 9.51. The number of hydrogen-bond donors (Lipinski definition) is 1. The summed E-state index contributed by atoms with van der Waals surface area (Å²) in [5.41, 5.74) is 1.83. The predicted molar refractivity (Wildman–Crippen MR) is 77.1 cm³/mol. The van der Waals surface area contributed by atoms with Crippen molar-refractivity contribution in [2.45, 2.75) is 0 Å². The van der Waals surface area contributed by atoms with Crippen LogP contribution >= 0.6 is 0 Å². The maximum absolute atomic E-state index is 13.2. The average molecular weight is 275 g/mol. The number of non-ortho nitro benzene ring substituents is 1. The summed E-state index contributed by atoms with van der Waals surface area (Å²) in [4.78, 5) is 12.2. The van der Waals surface area contributed by atoms with Crippen LogP contribution < -0.4 is 10.2 Å². The third-order valence-corrected chi connectivity index (χ3v) is 2.98. The fourth-order valence-electron chi connectivity index (χ4n) is 1.87. The normalized spacial score (nSPS) is 10.2. The van der Waals surface area contributed by atoms with Crippen LogP contribution in [0, 0.1) is 15.9 Å². The van der Waals surface area contributed by atoms with Crippen LogP contribution in [0.1, 0.15) is 0 Å². The Hall–Kier alpha value is -2.63. The Morgan fingerprint density at radius 2 is 1.95 bits per heavy atom. The summed E-state index contributed by atoms with van der Waals surface area (Å²) in [6.45, 7) is 0. The predicted octanol–water partition coefficient (Wildman–Crippen LogP) is 3.54. The van der Waals surface area contributed by atoms with Gasteiger partial charge in [-0.3, -0.25) is 10.1 Å². The molecule has 2 aromatic carbocycles. The third-order valence-electron chi connectivity index (χ3n) is 2.98. The van der Waals surface area contributed by atoms with Gasteiger partial charge in [0.25, 0.3) is 5.69 Å². The molecule has 0 saturated carbocycles. The molecule has 0 aliphatic rings. The van der Waals surface area contributed by atoms with Gasteiger partial charge in [-0.2, -0.15) is 0 Å². The van der Waals surface area contributed by atoms with E-state index in [2.05, 4.69) is 5.32 Å². The molecule has 1 N–H and O–H groups in total. The third kappa shape index (κ3) is 2.85. The summed E-state index contributed by atoms with van der Waals surface area (Å²) >= 11 is 0. The van der Waals surface area contributed by atoms with Crippen LogP contribution in [0.5, 0.6) is 0 Å². The smallest absolute Gasteiger partial charge is 0.273 e. The van der Waals surface area contributed by atoms with Crippen LogP contribution in [-0.2, 0) is 0 Å². The molecular weight excluding hydrogens is 261 g/mol. The summed E-state index contributed by atoms with van der Waals surface area (Å²) in [6, 6.07) is 10.7. The molecule has 6 heteroatoms. The van der Waals surface area contributed by atoms with Crippen molar-refractivity contribution >= 4 is 22.7 Å². The van der Waals surface area contributed by atoms with Crippen LogP contribution in [0.25, 0.3) is 0 Å². The van der Waals surface area contributed by atoms with E-state index in [1.54, 1.807) is 37.2 Å². The van der Waals surface area contributed by atoms with Crippen LogP contribution in [0.15, 0.2) is 42.5 Å². The van der Waals surface area contributed by atoms with E-state index in [1.807, 2.05) is 0 Å². The maximum atomic E-state index is 13.2. The summed E-state index contributed by atoms with van der Waals surface area (Å²) in [5.74, 6) is -0.353. The van der Waals surface area contributed by atoms with Crippen molar-refractivity contribution in [2.75, 3.05) is 24.3 Å². The molecule has 0 bridgehead atoms. The number of hydrogen-bond acceptors (Lipinski definition) is 4. The van der Waals surface area contributed by atoms with E-state index in [-0.39, 0.29) is 11.5 Å². The lowest BCUT2D eigenvalue weighted by molar-refractivity contribution is -0.384. The number of anilines is 3. The minimum Gasteiger partial charge on any atom is -0.388 e. The Morgan fingerprint density at radius 3 is 2.55 bits per heavy atom. The van der Waals surface area contributed by atoms with Gasteiger partial charge in [-0.15, -0.1) is 0 Å². The Labute approximate surface area is 115 Å². The van der Waals surface area contributed by atoms with Gasteiger partial charge in [-0.1, -0.05) is 6.07 Å². The molecular formula is C14H14FN3O2. The second-order valence-corrected chi connectivity index (χ2v) is 4.28. The summed E-state index contributed by atoms with van der Waals surface area (Å²) in [7, 11) is 3.41. The molecule has 5 nitrogen and oxygen atoms in total. The molecule has 0 heterocycles. The van der Waals surface area contributed by atoms with Crippen molar-refractivity contribution < 1.29 is 9.31 Å². The highest BCUT2D eigenvalue weighted by molar-refractivity contribution is 5.70. The molecule has 0 aliphatic heterocycles. The van der Waals surface area contributed by atoms with Crippen molar-refractivity contribution in [2.24, 2.45) is 0 Å². The zero-order chi connectivity index (χ0) is 14.7. The molecule has 104 valence electrons. The summed E-state index contributed by atoms with van der Waals surface area (Å²) < 4.78 is 13.2. The van der Waals surface area contributed by atoms with Gasteiger partial charge >= 0.3 is 0 Å². The van der Waals surface area contributed by atoms with Crippen LogP contribution in [-0.4, -0.2) is 19.0 Å². The number of benzene rings is 2. The lowest BCUT2D eigenvalue weighted by Gasteiger charge is -2.20. The van der Waals surface area contributed by atoms with Crippen molar-refractivity contribution in [3.05, 3.63) is 58.4 Å². The molecule has 2 aromatic rings. The van der Waals surface area contributed by atoms with E-state index in [0.29, 0.717) is 17.1 Å². The summed E-state index contributed by atoms with van der Waals surface area (Å²) in [5, 5.41) is 13.8. The van der Waals surface area contributed by atoms with Crippen molar-refractivity contribution in [3.8, 4) is 0 Å². The molecule has 0 aliphatic carbocycles. The molecule has 0 atom stereocenters. The highest BCUT2D eigenvalue weighted by Crippen LogP contribution is 2.30. The molecule has 0 spiro atoms. The van der Waals surface area contributed by atoms with Gasteiger partial charge in [0.2, 0.25) is 0 Å². The van der Waals surface area contributed by atoms with Crippen LogP contribution in [0.2, 0.25) is 0 Å². The largest absolute Gasteiger partial charge is 0.388 e. The van der Waals surface area contributed by atoms with Gasteiger partial charge in [0.1, 0.15) is 5.82 Å². The van der Waals surface area contributed by atoms with Crippen molar-refractivity contribution in [1.82, 2.24) is 0 Å². The van der Waals surface area contributed by atoms with Crippen molar-refractivity contribution in [3.63, 3.8) is 0 Å². The van der Waals surface area contributed by atoms with E-state index in [9.17, 15) is 14.5 Å². The molecule has 0 radical (unpaired) electrons. The van der Waals surface area contributed by atoms with E-state index in [0.717, 1.165) is 0 Å². The zero-order valence-corrected chi connectivity index (χ0v) is 11.1. The maximum Gasteiger partial charge on any atom is 0.273 e. The van der Waals surface area contributed by atoms with E-state index < -0.39 is 4.92 Å². The number of nitro groups is 1. The lowest BCUT2D eigenvalue weighted by atomic mass is 10.2. The van der Waals surface area contributed by atoms with Gasteiger partial charge in [0.15, 0.2) is 0 Å². The molecule has 20 heavy (non-hydrogen) atoms.